The predicted molar refractivity (Wildman–Crippen MR) is 129 cm³/mol. The van der Waals surface area contributed by atoms with Crippen LogP contribution in [0.4, 0.5) is 0 Å². The van der Waals surface area contributed by atoms with Crippen LogP contribution in [0.2, 0.25) is 0 Å². The zero-order chi connectivity index (χ0) is 24.3. The van der Waals surface area contributed by atoms with Crippen molar-refractivity contribution in [2.45, 2.75) is 58.0 Å². The Labute approximate surface area is 199 Å². The van der Waals surface area contributed by atoms with E-state index in [1.807, 2.05) is 55.5 Å². The molecule has 9 heteroatoms. The maximum atomic E-state index is 13.0. The van der Waals surface area contributed by atoms with Crippen LogP contribution in [0.25, 0.3) is 22.5 Å². The molecule has 1 aromatic heterocycles. The van der Waals surface area contributed by atoms with Gasteiger partial charge < -0.3 is 15.7 Å². The number of carbonyl (C=O) groups is 2. The van der Waals surface area contributed by atoms with E-state index in [2.05, 4.69) is 20.6 Å². The number of H-pyrrole nitrogens is 1. The predicted octanol–water partition coefficient (Wildman–Crippen LogP) is 3.63. The number of nitrogens with two attached hydrogens (primary N) is 1. The van der Waals surface area contributed by atoms with E-state index >= 15 is 0 Å². The van der Waals surface area contributed by atoms with Crippen molar-refractivity contribution in [3.05, 3.63) is 54.1 Å². The van der Waals surface area contributed by atoms with Crippen LogP contribution in [0.15, 0.2) is 48.5 Å². The Morgan fingerprint density at radius 1 is 1.06 bits per heavy atom. The van der Waals surface area contributed by atoms with Crippen molar-refractivity contribution in [3.8, 4) is 22.5 Å². The molecule has 2 aromatic carbocycles. The third kappa shape index (κ3) is 6.48. The zero-order valence-electron chi connectivity index (χ0n) is 19.5. The van der Waals surface area contributed by atoms with E-state index in [1.165, 1.54) is 4.90 Å². The van der Waals surface area contributed by atoms with Crippen LogP contribution in [0.1, 0.15) is 51.0 Å². The van der Waals surface area contributed by atoms with Crippen molar-refractivity contribution in [1.82, 2.24) is 25.5 Å². The average molecular weight is 465 g/mol. The zero-order valence-corrected chi connectivity index (χ0v) is 19.5. The molecule has 180 valence electrons. The van der Waals surface area contributed by atoms with E-state index in [9.17, 15) is 14.7 Å². The number of nitrogens with one attached hydrogen (secondary N) is 1. The van der Waals surface area contributed by atoms with Gasteiger partial charge in [0.1, 0.15) is 6.04 Å². The summed E-state index contributed by atoms with van der Waals surface area (Å²) in [6.07, 6.45) is 3.73. The van der Waals surface area contributed by atoms with Crippen molar-refractivity contribution >= 4 is 11.9 Å². The highest BCUT2D eigenvalue weighted by atomic mass is 16.4. The fourth-order valence-corrected chi connectivity index (χ4v) is 3.93. The normalized spacial score (nSPS) is 11.8. The number of rotatable bonds is 13. The second-order valence-electron chi connectivity index (χ2n) is 8.24. The minimum atomic E-state index is -0.979. The molecule has 0 aliphatic heterocycles. The van der Waals surface area contributed by atoms with E-state index in [1.54, 1.807) is 0 Å². The second-order valence-corrected chi connectivity index (χ2v) is 8.24. The van der Waals surface area contributed by atoms with Crippen molar-refractivity contribution in [1.29, 1.82) is 0 Å². The number of hydrogen-bond acceptors (Lipinski definition) is 6. The molecule has 0 spiro atoms. The molecule has 0 radical (unpaired) electrons. The number of tetrazole rings is 1. The molecule has 3 rings (SSSR count). The largest absolute Gasteiger partial charge is 0.480 e. The van der Waals surface area contributed by atoms with Crippen molar-refractivity contribution in [2.24, 2.45) is 5.73 Å². The van der Waals surface area contributed by atoms with Crippen molar-refractivity contribution in [3.63, 3.8) is 0 Å². The fraction of sp³-hybridized carbons (Fsp3) is 0.400. The first-order valence-corrected chi connectivity index (χ1v) is 11.7. The molecular formula is C25H32N6O3. The fourth-order valence-electron chi connectivity index (χ4n) is 3.93. The number of nitrogens with zero attached hydrogens (tertiary/aromatic N) is 4. The standard InChI is InChI=1S/C25H32N6O3/c1-2-3-11-23(32)31(22(25(33)34)10-6-7-16-26)17-18-12-14-19(15-13-18)20-8-4-5-9-21(20)24-27-29-30-28-24/h4-5,8-9,12-15,22H,2-3,6-7,10-11,16-17,26H2,1H3,(H,33,34)(H,27,28,29,30)/t22-/m0/s1. The molecule has 3 aromatic rings. The number of benzene rings is 2. The minimum Gasteiger partial charge on any atom is -0.480 e. The topological polar surface area (TPSA) is 138 Å². The van der Waals surface area contributed by atoms with Gasteiger partial charge in [0.05, 0.1) is 0 Å². The number of carboxylic acid groups (broad SMARTS) is 1. The molecule has 9 nitrogen and oxygen atoms in total. The molecule has 4 N–H and O–H groups in total. The number of amides is 1. The van der Waals surface area contributed by atoms with E-state index in [-0.39, 0.29) is 12.5 Å². The van der Waals surface area contributed by atoms with Crippen LogP contribution in [0.3, 0.4) is 0 Å². The molecule has 0 bridgehead atoms. The van der Waals surface area contributed by atoms with Gasteiger partial charge >= 0.3 is 5.97 Å². The Morgan fingerprint density at radius 2 is 1.79 bits per heavy atom. The minimum absolute atomic E-state index is 0.131. The van der Waals surface area contributed by atoms with Gasteiger partial charge in [0.2, 0.25) is 11.7 Å². The number of carbonyl (C=O) groups excluding carboxylic acids is 1. The van der Waals surface area contributed by atoms with Crippen molar-refractivity contribution in [2.75, 3.05) is 6.54 Å². The van der Waals surface area contributed by atoms with Gasteiger partial charge in [-0.25, -0.2) is 4.79 Å². The molecule has 34 heavy (non-hydrogen) atoms. The summed E-state index contributed by atoms with van der Waals surface area (Å²) in [7, 11) is 0. The van der Waals surface area contributed by atoms with E-state index in [4.69, 9.17) is 5.73 Å². The summed E-state index contributed by atoms with van der Waals surface area (Å²) in [5.41, 5.74) is 9.22. The van der Waals surface area contributed by atoms with Gasteiger partial charge in [0.15, 0.2) is 0 Å². The average Bonchev–Trinajstić information content (AvgIpc) is 3.39. The first kappa shape index (κ1) is 25.0. The highest BCUT2D eigenvalue weighted by Gasteiger charge is 2.29. The van der Waals surface area contributed by atoms with E-state index < -0.39 is 12.0 Å². The van der Waals surface area contributed by atoms with Gasteiger partial charge in [-0.1, -0.05) is 61.9 Å². The van der Waals surface area contributed by atoms with Gasteiger partial charge in [-0.2, -0.15) is 5.21 Å². The van der Waals surface area contributed by atoms with Gasteiger partial charge in [-0.3, -0.25) is 4.79 Å². The maximum absolute atomic E-state index is 13.0. The Hall–Kier alpha value is -3.59. The Balaban J connectivity index is 1.83. The summed E-state index contributed by atoms with van der Waals surface area (Å²) < 4.78 is 0. The van der Waals surface area contributed by atoms with Gasteiger partial charge in [0.25, 0.3) is 0 Å². The van der Waals surface area contributed by atoms with Gasteiger partial charge in [-0.05, 0) is 54.1 Å². The molecule has 0 aliphatic rings. The first-order valence-electron chi connectivity index (χ1n) is 11.7. The third-order valence-corrected chi connectivity index (χ3v) is 5.79. The second kappa shape index (κ2) is 12.6. The summed E-state index contributed by atoms with van der Waals surface area (Å²) in [5, 5.41) is 24.2. The van der Waals surface area contributed by atoms with Crippen LogP contribution in [0, 0.1) is 0 Å². The number of aromatic nitrogens is 4. The lowest BCUT2D eigenvalue weighted by molar-refractivity contribution is -0.151. The molecule has 1 atom stereocenters. The summed E-state index contributed by atoms with van der Waals surface area (Å²) in [6.45, 7) is 2.76. The number of hydrogen-bond donors (Lipinski definition) is 3. The van der Waals surface area contributed by atoms with E-state index in [0.29, 0.717) is 31.6 Å². The molecular weight excluding hydrogens is 432 g/mol. The quantitative estimate of drug-likeness (QED) is 0.328. The molecule has 0 saturated carbocycles. The molecule has 1 heterocycles. The molecule has 0 saturated heterocycles. The summed E-state index contributed by atoms with van der Waals surface area (Å²) in [6, 6.07) is 14.7. The van der Waals surface area contributed by atoms with Crippen molar-refractivity contribution < 1.29 is 14.7 Å². The molecule has 0 unspecified atom stereocenters. The van der Waals surface area contributed by atoms with Crippen LogP contribution >= 0.6 is 0 Å². The Bertz CT molecular complexity index is 1050. The number of aromatic amines is 1. The lowest BCUT2D eigenvalue weighted by Gasteiger charge is -2.29. The molecule has 0 aliphatic carbocycles. The highest BCUT2D eigenvalue weighted by Crippen LogP contribution is 2.30. The van der Waals surface area contributed by atoms with Gasteiger partial charge in [-0.15, -0.1) is 10.2 Å². The van der Waals surface area contributed by atoms with Crippen LogP contribution in [0.5, 0.6) is 0 Å². The number of unbranched alkanes of at least 4 members (excludes halogenated alkanes) is 2. The first-order chi connectivity index (χ1) is 16.5. The van der Waals surface area contributed by atoms with Crippen LogP contribution < -0.4 is 5.73 Å². The third-order valence-electron chi connectivity index (χ3n) is 5.79. The maximum Gasteiger partial charge on any atom is 0.326 e. The monoisotopic (exact) mass is 464 g/mol. The van der Waals surface area contributed by atoms with Gasteiger partial charge in [0, 0.05) is 18.5 Å². The molecule has 0 fully saturated rings. The lowest BCUT2D eigenvalue weighted by Crippen LogP contribution is -2.44. The summed E-state index contributed by atoms with van der Waals surface area (Å²) in [4.78, 5) is 26.5. The molecule has 1 amide bonds. The Kier molecular flexibility index (Phi) is 9.28. The summed E-state index contributed by atoms with van der Waals surface area (Å²) >= 11 is 0. The number of carboxylic acids is 1. The number of aliphatic carboxylic acids is 1. The smallest absolute Gasteiger partial charge is 0.326 e. The lowest BCUT2D eigenvalue weighted by atomic mass is 9.98. The van der Waals surface area contributed by atoms with E-state index in [0.717, 1.165) is 41.5 Å². The highest BCUT2D eigenvalue weighted by molar-refractivity contribution is 5.84. The SMILES string of the molecule is CCCCC(=O)N(Cc1ccc(-c2ccccc2-c2nn[nH]n2)cc1)[C@@H](CCCCN)C(=O)O. The Morgan fingerprint density at radius 3 is 2.41 bits per heavy atom. The summed E-state index contributed by atoms with van der Waals surface area (Å²) in [5.74, 6) is -0.602. The van der Waals surface area contributed by atoms with Crippen LogP contribution in [-0.2, 0) is 16.1 Å². The van der Waals surface area contributed by atoms with Crippen LogP contribution in [-0.4, -0.2) is 55.1 Å².